The molecular weight excluding hydrogens is 323 g/mol. The number of methoxy groups -OCH3 is 1. The maximum Gasteiger partial charge on any atom is 0.337 e. The van der Waals surface area contributed by atoms with Crippen molar-refractivity contribution in [3.05, 3.63) is 34.3 Å². The van der Waals surface area contributed by atoms with Crippen LogP contribution in [0.2, 0.25) is 5.02 Å². The highest BCUT2D eigenvalue weighted by Gasteiger charge is 2.22. The number of benzene rings is 1. The topological polar surface area (TPSA) is 41.6 Å². The second-order valence-corrected chi connectivity index (χ2v) is 5.82. The molecule has 124 valence electrons. The average Bonchev–Trinajstić information content (AvgIpc) is 3.02. The zero-order chi connectivity index (χ0) is 15.2. The molecule has 1 aromatic carbocycles. The van der Waals surface area contributed by atoms with Crippen LogP contribution in [0, 0.1) is 0 Å². The molecular formula is C16H24Cl2N2O2. The van der Waals surface area contributed by atoms with Crippen LogP contribution in [0.1, 0.15) is 35.7 Å². The summed E-state index contributed by atoms with van der Waals surface area (Å²) in [6.45, 7) is 6.08. The standard InChI is InChI=1S/C16H23ClN2O2.ClH/c1-3-8-19(14-6-7-18-10-14)11-13-9-12(16(20)21-2)4-5-15(13)17;/h4-5,9,14,18H,3,6-8,10-11H2,1-2H3;1H. The number of nitrogens with one attached hydrogen (secondary N) is 1. The summed E-state index contributed by atoms with van der Waals surface area (Å²) in [6, 6.07) is 5.88. The molecule has 0 aliphatic carbocycles. The third-order valence-corrected chi connectivity index (χ3v) is 4.27. The van der Waals surface area contributed by atoms with Gasteiger partial charge in [0.1, 0.15) is 0 Å². The molecule has 0 aromatic heterocycles. The Bertz CT molecular complexity index is 491. The molecule has 1 atom stereocenters. The SMILES string of the molecule is CCCN(Cc1cc(C(=O)OC)ccc1Cl)C1CCNC1.Cl. The molecule has 0 radical (unpaired) electrons. The van der Waals surface area contributed by atoms with Gasteiger partial charge in [0, 0.05) is 24.2 Å². The van der Waals surface area contributed by atoms with E-state index in [0.29, 0.717) is 16.6 Å². The number of ether oxygens (including phenoxy) is 1. The van der Waals surface area contributed by atoms with Gasteiger partial charge in [0.05, 0.1) is 12.7 Å². The minimum absolute atomic E-state index is 0. The highest BCUT2D eigenvalue weighted by molar-refractivity contribution is 6.31. The lowest BCUT2D eigenvalue weighted by atomic mass is 10.1. The van der Waals surface area contributed by atoms with Gasteiger partial charge in [0.15, 0.2) is 0 Å². The molecule has 1 aromatic rings. The van der Waals surface area contributed by atoms with E-state index in [0.717, 1.165) is 44.6 Å². The number of carbonyl (C=O) groups excluding carboxylic acids is 1. The van der Waals surface area contributed by atoms with Gasteiger partial charge in [-0.25, -0.2) is 4.79 Å². The summed E-state index contributed by atoms with van der Waals surface area (Å²) in [7, 11) is 1.39. The molecule has 0 saturated carbocycles. The highest BCUT2D eigenvalue weighted by atomic mass is 35.5. The van der Waals surface area contributed by atoms with Gasteiger partial charge in [0.2, 0.25) is 0 Å². The largest absolute Gasteiger partial charge is 0.465 e. The van der Waals surface area contributed by atoms with E-state index in [1.165, 1.54) is 7.11 Å². The normalized spacial score (nSPS) is 17.4. The van der Waals surface area contributed by atoms with Gasteiger partial charge in [-0.05, 0) is 49.7 Å². The molecule has 1 saturated heterocycles. The lowest BCUT2D eigenvalue weighted by molar-refractivity contribution is 0.0600. The van der Waals surface area contributed by atoms with Crippen LogP contribution in [0.15, 0.2) is 18.2 Å². The molecule has 1 fully saturated rings. The summed E-state index contributed by atoms with van der Waals surface area (Å²) in [5.41, 5.74) is 1.54. The van der Waals surface area contributed by atoms with Gasteiger partial charge >= 0.3 is 5.97 Å². The Labute approximate surface area is 143 Å². The fourth-order valence-corrected chi connectivity index (χ4v) is 2.97. The highest BCUT2D eigenvalue weighted by Crippen LogP contribution is 2.22. The summed E-state index contributed by atoms with van der Waals surface area (Å²) in [5.74, 6) is -0.322. The molecule has 2 rings (SSSR count). The van der Waals surface area contributed by atoms with Crippen molar-refractivity contribution in [3.8, 4) is 0 Å². The van der Waals surface area contributed by atoms with Crippen LogP contribution in [0.25, 0.3) is 0 Å². The van der Waals surface area contributed by atoms with Gasteiger partial charge in [0.25, 0.3) is 0 Å². The number of carbonyl (C=O) groups is 1. The van der Waals surface area contributed by atoms with Crippen LogP contribution in [0.3, 0.4) is 0 Å². The quantitative estimate of drug-likeness (QED) is 0.803. The van der Waals surface area contributed by atoms with E-state index >= 15 is 0 Å². The van der Waals surface area contributed by atoms with Crippen molar-refractivity contribution in [1.29, 1.82) is 0 Å². The summed E-state index contributed by atoms with van der Waals surface area (Å²) in [4.78, 5) is 14.1. The van der Waals surface area contributed by atoms with Gasteiger partial charge in [-0.1, -0.05) is 18.5 Å². The van der Waals surface area contributed by atoms with Gasteiger partial charge in [-0.15, -0.1) is 12.4 Å². The molecule has 6 heteroatoms. The molecule has 4 nitrogen and oxygen atoms in total. The van der Waals surface area contributed by atoms with Gasteiger partial charge < -0.3 is 10.1 Å². The van der Waals surface area contributed by atoms with E-state index in [9.17, 15) is 4.79 Å². The summed E-state index contributed by atoms with van der Waals surface area (Å²) < 4.78 is 4.78. The Kier molecular flexibility index (Phi) is 8.18. The molecule has 0 bridgehead atoms. The maximum atomic E-state index is 11.7. The summed E-state index contributed by atoms with van der Waals surface area (Å²) in [6.07, 6.45) is 2.26. The smallest absolute Gasteiger partial charge is 0.337 e. The third kappa shape index (κ3) is 4.85. The first-order valence-corrected chi connectivity index (χ1v) is 7.85. The van der Waals surface area contributed by atoms with Gasteiger partial charge in [-0.3, -0.25) is 4.90 Å². The van der Waals surface area contributed by atoms with Crippen molar-refractivity contribution in [2.75, 3.05) is 26.7 Å². The first kappa shape index (κ1) is 19.2. The second-order valence-electron chi connectivity index (χ2n) is 5.41. The molecule has 1 aliphatic rings. The Balaban J connectivity index is 0.00000242. The summed E-state index contributed by atoms with van der Waals surface area (Å²) in [5, 5.41) is 4.11. The van der Waals surface area contributed by atoms with Crippen molar-refractivity contribution in [1.82, 2.24) is 10.2 Å². The minimum Gasteiger partial charge on any atom is -0.465 e. The fraction of sp³-hybridized carbons (Fsp3) is 0.562. The molecule has 0 amide bonds. The maximum absolute atomic E-state index is 11.7. The van der Waals surface area contributed by atoms with Crippen molar-refractivity contribution >= 4 is 30.0 Å². The Morgan fingerprint density at radius 2 is 2.27 bits per heavy atom. The van der Waals surface area contributed by atoms with Crippen molar-refractivity contribution in [3.63, 3.8) is 0 Å². The van der Waals surface area contributed by atoms with Crippen LogP contribution in [0.4, 0.5) is 0 Å². The Morgan fingerprint density at radius 3 is 2.86 bits per heavy atom. The lowest BCUT2D eigenvalue weighted by Crippen LogP contribution is -2.37. The molecule has 22 heavy (non-hydrogen) atoms. The van der Waals surface area contributed by atoms with Crippen LogP contribution in [-0.4, -0.2) is 43.7 Å². The first-order valence-electron chi connectivity index (χ1n) is 7.47. The van der Waals surface area contributed by atoms with Crippen molar-refractivity contribution < 1.29 is 9.53 Å². The fourth-order valence-electron chi connectivity index (χ4n) is 2.79. The second kappa shape index (κ2) is 9.36. The molecule has 1 N–H and O–H groups in total. The number of rotatable bonds is 6. The molecule has 1 unspecified atom stereocenters. The van der Waals surface area contributed by atoms with Crippen molar-refractivity contribution in [2.45, 2.75) is 32.4 Å². The monoisotopic (exact) mass is 346 g/mol. The van der Waals surface area contributed by atoms with Crippen LogP contribution >= 0.6 is 24.0 Å². The minimum atomic E-state index is -0.322. The zero-order valence-corrected chi connectivity index (χ0v) is 14.7. The average molecular weight is 347 g/mol. The van der Waals surface area contributed by atoms with Crippen LogP contribution in [0.5, 0.6) is 0 Å². The van der Waals surface area contributed by atoms with E-state index in [2.05, 4.69) is 17.1 Å². The number of esters is 1. The van der Waals surface area contributed by atoms with E-state index in [1.54, 1.807) is 12.1 Å². The third-order valence-electron chi connectivity index (χ3n) is 3.90. The lowest BCUT2D eigenvalue weighted by Gasteiger charge is -2.28. The molecule has 1 heterocycles. The predicted octanol–water partition coefficient (Wildman–Crippen LogP) is 3.12. The molecule has 1 aliphatic heterocycles. The van der Waals surface area contributed by atoms with E-state index < -0.39 is 0 Å². The number of halogens is 2. The first-order chi connectivity index (χ1) is 10.2. The number of nitrogens with zero attached hydrogens (tertiary/aromatic N) is 1. The van der Waals surface area contributed by atoms with Gasteiger partial charge in [-0.2, -0.15) is 0 Å². The number of hydrogen-bond acceptors (Lipinski definition) is 4. The summed E-state index contributed by atoms with van der Waals surface area (Å²) >= 11 is 6.30. The van der Waals surface area contributed by atoms with Crippen molar-refractivity contribution in [2.24, 2.45) is 0 Å². The Hall–Kier alpha value is -0.810. The number of hydrogen-bond donors (Lipinski definition) is 1. The van der Waals surface area contributed by atoms with Crippen LogP contribution in [-0.2, 0) is 11.3 Å². The zero-order valence-electron chi connectivity index (χ0n) is 13.1. The van der Waals surface area contributed by atoms with E-state index in [-0.39, 0.29) is 18.4 Å². The predicted molar refractivity (Wildman–Crippen MR) is 92.0 cm³/mol. The Morgan fingerprint density at radius 1 is 1.50 bits per heavy atom. The van der Waals surface area contributed by atoms with Crippen LogP contribution < -0.4 is 5.32 Å². The van der Waals surface area contributed by atoms with E-state index in [4.69, 9.17) is 16.3 Å². The molecule has 0 spiro atoms. The van der Waals surface area contributed by atoms with E-state index in [1.807, 2.05) is 6.07 Å².